The Bertz CT molecular complexity index is 1330. The summed E-state index contributed by atoms with van der Waals surface area (Å²) < 4.78 is 5.72. The van der Waals surface area contributed by atoms with E-state index in [2.05, 4.69) is 74.4 Å². The van der Waals surface area contributed by atoms with Gasteiger partial charge in [0.25, 0.3) is 0 Å². The largest absolute Gasteiger partial charge is 0.381 e. The van der Waals surface area contributed by atoms with Crippen LogP contribution in [0.2, 0.25) is 0 Å². The predicted octanol–water partition coefficient (Wildman–Crippen LogP) is 5.17. The van der Waals surface area contributed by atoms with Crippen LogP contribution < -0.4 is 4.90 Å². The Hall–Kier alpha value is -3.90. The fourth-order valence-electron chi connectivity index (χ4n) is 5.79. The molecule has 0 unspecified atom stereocenters. The zero-order valence-electron chi connectivity index (χ0n) is 21.0. The van der Waals surface area contributed by atoms with Crippen molar-refractivity contribution in [2.45, 2.75) is 31.3 Å². The molecule has 1 amide bonds. The molecule has 1 fully saturated rings. The summed E-state index contributed by atoms with van der Waals surface area (Å²) in [4.78, 5) is 26.4. The molecule has 1 aromatic heterocycles. The van der Waals surface area contributed by atoms with Crippen LogP contribution in [0, 0.1) is 0 Å². The molecule has 6 rings (SSSR count). The van der Waals surface area contributed by atoms with Crippen LogP contribution in [0.3, 0.4) is 0 Å². The van der Waals surface area contributed by atoms with Gasteiger partial charge in [0.15, 0.2) is 0 Å². The van der Waals surface area contributed by atoms with Crippen molar-refractivity contribution in [3.63, 3.8) is 0 Å². The molecule has 0 atom stereocenters. The summed E-state index contributed by atoms with van der Waals surface area (Å²) in [6, 6.07) is 27.4. The molecule has 0 saturated carbocycles. The van der Waals surface area contributed by atoms with Gasteiger partial charge in [0, 0.05) is 44.7 Å². The molecule has 0 bridgehead atoms. The van der Waals surface area contributed by atoms with Crippen molar-refractivity contribution in [1.82, 2.24) is 14.9 Å². The van der Waals surface area contributed by atoms with Gasteiger partial charge in [-0.25, -0.2) is 4.98 Å². The van der Waals surface area contributed by atoms with Crippen LogP contribution in [0.15, 0.2) is 91.4 Å². The monoisotopic (exact) mass is 492 g/mol. The fourth-order valence-corrected chi connectivity index (χ4v) is 5.79. The third-order valence-corrected chi connectivity index (χ3v) is 7.81. The van der Waals surface area contributed by atoms with Crippen LogP contribution in [-0.4, -0.2) is 47.1 Å². The Kier molecular flexibility index (Phi) is 6.49. The van der Waals surface area contributed by atoms with Gasteiger partial charge in [0.2, 0.25) is 5.91 Å². The highest BCUT2D eigenvalue weighted by atomic mass is 16.5. The van der Waals surface area contributed by atoms with Crippen molar-refractivity contribution in [2.75, 3.05) is 31.2 Å². The van der Waals surface area contributed by atoms with Crippen LogP contribution in [0.25, 0.3) is 11.1 Å². The number of imidazole rings is 1. The minimum atomic E-state index is -0.548. The lowest BCUT2D eigenvalue weighted by Crippen LogP contribution is -2.50. The van der Waals surface area contributed by atoms with E-state index in [1.165, 1.54) is 11.3 Å². The molecule has 3 heterocycles. The van der Waals surface area contributed by atoms with Crippen LogP contribution in [0.4, 0.5) is 5.69 Å². The third kappa shape index (κ3) is 4.65. The summed E-state index contributed by atoms with van der Waals surface area (Å²) >= 11 is 0. The maximum Gasteiger partial charge on any atom is 0.233 e. The van der Waals surface area contributed by atoms with E-state index in [-0.39, 0.29) is 5.91 Å². The van der Waals surface area contributed by atoms with E-state index < -0.39 is 5.41 Å². The summed E-state index contributed by atoms with van der Waals surface area (Å²) in [7, 11) is 0. The molecule has 1 N–H and O–H groups in total. The highest BCUT2D eigenvalue weighted by molar-refractivity contribution is 5.89. The number of fused-ring (bicyclic) bond motifs is 1. The Morgan fingerprint density at radius 1 is 0.919 bits per heavy atom. The number of benzene rings is 3. The number of nitrogens with zero attached hydrogens (tertiary/aromatic N) is 3. The molecule has 2 aliphatic rings. The number of H-pyrrole nitrogens is 1. The number of nitrogens with one attached hydrogen (secondary N) is 1. The van der Waals surface area contributed by atoms with Crippen molar-refractivity contribution in [3.05, 3.63) is 108 Å². The van der Waals surface area contributed by atoms with Crippen LogP contribution in [0.1, 0.15) is 29.7 Å². The highest BCUT2D eigenvalue weighted by Gasteiger charge is 2.44. The first kappa shape index (κ1) is 23.5. The number of carbonyl (C=O) groups excluding carboxylic acids is 1. The predicted molar refractivity (Wildman–Crippen MR) is 145 cm³/mol. The SMILES string of the molecule is O=C(N1CCN(Cc2c[nH]cn2)c2ccc(-c3ccccc3)cc2C1)C1(c2ccccc2)CCOCC1. The van der Waals surface area contributed by atoms with Crippen LogP contribution in [0.5, 0.6) is 0 Å². The van der Waals surface area contributed by atoms with Crippen LogP contribution in [-0.2, 0) is 28.0 Å². The molecular formula is C31H32N4O2. The molecule has 0 spiro atoms. The summed E-state index contributed by atoms with van der Waals surface area (Å²) in [5.41, 5.74) is 6.21. The summed E-state index contributed by atoms with van der Waals surface area (Å²) in [5, 5.41) is 0. The lowest BCUT2D eigenvalue weighted by atomic mass is 9.73. The average Bonchev–Trinajstić information content (AvgIpc) is 3.42. The van der Waals surface area contributed by atoms with E-state index in [0.29, 0.717) is 45.7 Å². The van der Waals surface area contributed by atoms with E-state index >= 15 is 0 Å². The molecule has 3 aromatic carbocycles. The molecule has 2 aliphatic heterocycles. The number of hydrogen-bond donors (Lipinski definition) is 1. The zero-order chi connectivity index (χ0) is 25.1. The van der Waals surface area contributed by atoms with E-state index in [1.807, 2.05) is 30.5 Å². The molecule has 0 radical (unpaired) electrons. The minimum Gasteiger partial charge on any atom is -0.381 e. The number of ether oxygens (including phenoxy) is 1. The molecule has 0 aliphatic carbocycles. The van der Waals surface area contributed by atoms with E-state index in [9.17, 15) is 4.79 Å². The molecule has 188 valence electrons. The second kappa shape index (κ2) is 10.2. The van der Waals surface area contributed by atoms with Gasteiger partial charge in [0.1, 0.15) is 0 Å². The highest BCUT2D eigenvalue weighted by Crippen LogP contribution is 2.39. The van der Waals surface area contributed by atoms with Gasteiger partial charge >= 0.3 is 0 Å². The average molecular weight is 493 g/mol. The number of aromatic amines is 1. The second-order valence-electron chi connectivity index (χ2n) is 9.98. The zero-order valence-corrected chi connectivity index (χ0v) is 21.0. The summed E-state index contributed by atoms with van der Waals surface area (Å²) in [5.74, 6) is 0.208. The minimum absolute atomic E-state index is 0.208. The fraction of sp³-hybridized carbons (Fsp3) is 0.290. The molecular weight excluding hydrogens is 460 g/mol. The van der Waals surface area contributed by atoms with E-state index in [4.69, 9.17) is 4.74 Å². The number of amides is 1. The van der Waals surface area contributed by atoms with Crippen molar-refractivity contribution in [3.8, 4) is 11.1 Å². The van der Waals surface area contributed by atoms with Gasteiger partial charge in [-0.05, 0) is 47.2 Å². The van der Waals surface area contributed by atoms with Crippen molar-refractivity contribution < 1.29 is 9.53 Å². The summed E-state index contributed by atoms with van der Waals surface area (Å²) in [6.45, 7) is 3.90. The molecule has 6 heteroatoms. The molecule has 6 nitrogen and oxygen atoms in total. The Morgan fingerprint density at radius 2 is 1.68 bits per heavy atom. The standard InChI is InChI=1S/C31H32N4O2/c36-30(31(13-17-37-18-14-31)27-9-5-2-6-10-27)35-16-15-34(22-28-20-32-23-33-28)29-12-11-25(19-26(29)21-35)24-7-3-1-4-8-24/h1-12,19-20,23H,13-18,21-22H2,(H,32,33). The normalized spacial score (nSPS) is 17.2. The number of hydrogen-bond acceptors (Lipinski definition) is 4. The van der Waals surface area contributed by atoms with Gasteiger partial charge in [-0.15, -0.1) is 0 Å². The van der Waals surface area contributed by atoms with Crippen molar-refractivity contribution >= 4 is 11.6 Å². The number of anilines is 1. The first-order valence-corrected chi connectivity index (χ1v) is 13.1. The quantitative estimate of drug-likeness (QED) is 0.417. The number of aromatic nitrogens is 2. The maximum absolute atomic E-state index is 14.5. The topological polar surface area (TPSA) is 61.5 Å². The van der Waals surface area contributed by atoms with Gasteiger partial charge < -0.3 is 19.5 Å². The molecule has 4 aromatic rings. The second-order valence-corrected chi connectivity index (χ2v) is 9.98. The van der Waals surface area contributed by atoms with Crippen molar-refractivity contribution in [2.24, 2.45) is 0 Å². The van der Waals surface area contributed by atoms with Gasteiger partial charge in [-0.1, -0.05) is 66.7 Å². The first-order valence-electron chi connectivity index (χ1n) is 13.1. The first-order chi connectivity index (χ1) is 18.2. The van der Waals surface area contributed by atoms with Crippen molar-refractivity contribution in [1.29, 1.82) is 0 Å². The smallest absolute Gasteiger partial charge is 0.233 e. The molecule has 37 heavy (non-hydrogen) atoms. The maximum atomic E-state index is 14.5. The van der Waals surface area contributed by atoms with Gasteiger partial charge in [0.05, 0.1) is 24.0 Å². The summed E-state index contributed by atoms with van der Waals surface area (Å²) in [6.07, 6.45) is 5.08. The molecule has 1 saturated heterocycles. The lowest BCUT2D eigenvalue weighted by molar-refractivity contribution is -0.141. The van der Waals surface area contributed by atoms with Gasteiger partial charge in [-0.2, -0.15) is 0 Å². The van der Waals surface area contributed by atoms with E-state index in [1.54, 1.807) is 6.33 Å². The number of carbonyl (C=O) groups is 1. The number of rotatable bonds is 5. The third-order valence-electron chi connectivity index (χ3n) is 7.81. The Labute approximate surface area is 217 Å². The van der Waals surface area contributed by atoms with Crippen LogP contribution >= 0.6 is 0 Å². The Morgan fingerprint density at radius 3 is 2.41 bits per heavy atom. The van der Waals surface area contributed by atoms with E-state index in [0.717, 1.165) is 28.9 Å². The lowest BCUT2D eigenvalue weighted by Gasteiger charge is -2.40. The Balaban J connectivity index is 1.38. The van der Waals surface area contributed by atoms with Gasteiger partial charge in [-0.3, -0.25) is 4.79 Å².